The van der Waals surface area contributed by atoms with E-state index >= 15 is 0 Å². The van der Waals surface area contributed by atoms with Gasteiger partial charge in [0.2, 0.25) is 0 Å². The molecule has 11 heteroatoms. The van der Waals surface area contributed by atoms with Crippen molar-refractivity contribution in [3.05, 3.63) is 47.5 Å². The Morgan fingerprint density at radius 1 is 1.14 bits per heavy atom. The Bertz CT molecular complexity index is 1360. The van der Waals surface area contributed by atoms with Crippen LogP contribution in [0.2, 0.25) is 0 Å². The van der Waals surface area contributed by atoms with Crippen LogP contribution in [0.1, 0.15) is 42.6 Å². The molecule has 2 aromatic carbocycles. The van der Waals surface area contributed by atoms with Gasteiger partial charge in [0.25, 0.3) is 10.0 Å². The van der Waals surface area contributed by atoms with Crippen molar-refractivity contribution in [1.82, 2.24) is 0 Å². The third-order valence-corrected chi connectivity index (χ3v) is 9.94. The third kappa shape index (κ3) is 6.82. The zero-order valence-corrected chi connectivity index (χ0v) is 23.6. The fraction of sp³-hybridized carbons (Fsp3) is 0.500. The summed E-state index contributed by atoms with van der Waals surface area (Å²) in [5, 5.41) is 9.82. The molecule has 0 aliphatic carbocycles. The van der Waals surface area contributed by atoms with E-state index in [2.05, 4.69) is 4.36 Å². The summed E-state index contributed by atoms with van der Waals surface area (Å²) in [6, 6.07) is 8.88. The number of carboxylic acid groups (broad SMARTS) is 1. The molecule has 0 bridgehead atoms. The van der Waals surface area contributed by atoms with Gasteiger partial charge in [0, 0.05) is 38.0 Å². The normalized spacial score (nSPS) is 16.3. The first-order valence-corrected chi connectivity index (χ1v) is 15.5. The largest absolute Gasteiger partial charge is 0.492 e. The standard InChI is InChI=1S/C26H36N2O7S2/c1-18(2)16-28(24-8-6-21(14-19(24)3)36(5,31)27-4)37(32,33)22-7-9-25(23(15-22)26(29)30)35-17-20-10-12-34-13-11-20/h6-9,14-15,18,20H,10-13,16-17H2,1-5H3,(H,29,30). The van der Waals surface area contributed by atoms with Crippen LogP contribution < -0.4 is 9.04 Å². The van der Waals surface area contributed by atoms with Gasteiger partial charge in [0.15, 0.2) is 0 Å². The molecule has 0 amide bonds. The van der Waals surface area contributed by atoms with Gasteiger partial charge in [0.1, 0.15) is 11.3 Å². The van der Waals surface area contributed by atoms with Crippen molar-refractivity contribution < 1.29 is 32.0 Å². The minimum atomic E-state index is -4.13. The van der Waals surface area contributed by atoms with Crippen molar-refractivity contribution >= 4 is 31.4 Å². The minimum absolute atomic E-state index is 0.0177. The Labute approximate surface area is 220 Å². The van der Waals surface area contributed by atoms with Crippen LogP contribution in [0.4, 0.5) is 5.69 Å². The molecular weight excluding hydrogens is 516 g/mol. The lowest BCUT2D eigenvalue weighted by atomic mass is 10.0. The predicted molar refractivity (Wildman–Crippen MR) is 144 cm³/mol. The van der Waals surface area contributed by atoms with Gasteiger partial charge in [-0.2, -0.15) is 0 Å². The van der Waals surface area contributed by atoms with Gasteiger partial charge in [-0.15, -0.1) is 0 Å². The lowest BCUT2D eigenvalue weighted by Crippen LogP contribution is -2.35. The first-order chi connectivity index (χ1) is 17.4. The van der Waals surface area contributed by atoms with Crippen LogP contribution in [0.15, 0.2) is 50.6 Å². The van der Waals surface area contributed by atoms with Gasteiger partial charge < -0.3 is 14.6 Å². The van der Waals surface area contributed by atoms with E-state index in [-0.39, 0.29) is 34.6 Å². The number of carbonyl (C=O) groups is 1. The maximum absolute atomic E-state index is 13.9. The highest BCUT2D eigenvalue weighted by molar-refractivity contribution is 7.93. The Balaban J connectivity index is 2.00. The summed E-state index contributed by atoms with van der Waals surface area (Å²) in [5.41, 5.74) is 0.843. The maximum atomic E-state index is 13.9. The molecular formula is C26H36N2O7S2. The quantitative estimate of drug-likeness (QED) is 0.462. The van der Waals surface area contributed by atoms with Gasteiger partial charge in [-0.25, -0.2) is 21.8 Å². The number of nitrogens with zero attached hydrogens (tertiary/aromatic N) is 2. The van der Waals surface area contributed by atoms with Crippen molar-refractivity contribution in [3.8, 4) is 5.75 Å². The molecule has 1 aliphatic rings. The highest BCUT2D eigenvalue weighted by atomic mass is 32.2. The number of hydrogen-bond donors (Lipinski definition) is 1. The molecule has 0 spiro atoms. The molecule has 1 N–H and O–H groups in total. The summed E-state index contributed by atoms with van der Waals surface area (Å²) in [5.74, 6) is -0.897. The van der Waals surface area contributed by atoms with E-state index in [1.54, 1.807) is 25.1 Å². The minimum Gasteiger partial charge on any atom is -0.492 e. The van der Waals surface area contributed by atoms with Gasteiger partial charge in [0.05, 0.1) is 26.9 Å². The van der Waals surface area contributed by atoms with Crippen molar-refractivity contribution in [2.24, 2.45) is 16.2 Å². The van der Waals surface area contributed by atoms with Crippen LogP contribution in [0, 0.1) is 18.8 Å². The molecule has 1 saturated heterocycles. The Morgan fingerprint density at radius 2 is 1.78 bits per heavy atom. The second-order valence-electron chi connectivity index (χ2n) is 9.69. The summed E-state index contributed by atoms with van der Waals surface area (Å²) in [7, 11) is -5.23. The Morgan fingerprint density at radius 3 is 2.35 bits per heavy atom. The molecule has 3 rings (SSSR count). The highest BCUT2D eigenvalue weighted by Crippen LogP contribution is 2.32. The van der Waals surface area contributed by atoms with Gasteiger partial charge in [-0.1, -0.05) is 13.8 Å². The Hall–Kier alpha value is -2.63. The summed E-state index contributed by atoms with van der Waals surface area (Å²) < 4.78 is 56.8. The van der Waals surface area contributed by atoms with Crippen molar-refractivity contribution in [1.29, 1.82) is 0 Å². The summed E-state index contributed by atoms with van der Waals surface area (Å²) in [6.07, 6.45) is 3.19. The fourth-order valence-corrected chi connectivity index (χ4v) is 6.76. The molecule has 9 nitrogen and oxygen atoms in total. The second-order valence-corrected chi connectivity index (χ2v) is 14.0. The summed E-state index contributed by atoms with van der Waals surface area (Å²) in [6.45, 7) is 7.35. The molecule has 1 aliphatic heterocycles. The van der Waals surface area contributed by atoms with Crippen LogP contribution in [0.25, 0.3) is 0 Å². The molecule has 204 valence electrons. The van der Waals surface area contributed by atoms with E-state index in [1.165, 1.54) is 29.7 Å². The van der Waals surface area contributed by atoms with Gasteiger partial charge in [-0.3, -0.25) is 4.31 Å². The van der Waals surface area contributed by atoms with E-state index in [9.17, 15) is 22.5 Å². The van der Waals surface area contributed by atoms with Crippen LogP contribution in [-0.4, -0.2) is 63.4 Å². The van der Waals surface area contributed by atoms with E-state index in [1.807, 2.05) is 13.8 Å². The maximum Gasteiger partial charge on any atom is 0.339 e. The zero-order chi connectivity index (χ0) is 27.4. The van der Waals surface area contributed by atoms with Crippen LogP contribution in [-0.2, 0) is 24.5 Å². The van der Waals surface area contributed by atoms with E-state index in [0.29, 0.717) is 36.0 Å². The van der Waals surface area contributed by atoms with Crippen molar-refractivity contribution in [2.45, 2.75) is 43.4 Å². The number of hydrogen-bond acceptors (Lipinski definition) is 7. The van der Waals surface area contributed by atoms with Crippen molar-refractivity contribution in [3.63, 3.8) is 0 Å². The van der Waals surface area contributed by atoms with E-state index in [0.717, 1.165) is 18.9 Å². The SMILES string of the molecule is CN=S(C)(=O)c1ccc(N(CC(C)C)S(=O)(=O)c2ccc(OCC3CCOCC3)c(C(=O)O)c2)c(C)c1. The zero-order valence-electron chi connectivity index (χ0n) is 22.0. The third-order valence-electron chi connectivity index (χ3n) is 6.34. The number of ether oxygens (including phenoxy) is 2. The summed E-state index contributed by atoms with van der Waals surface area (Å²) in [4.78, 5) is 12.4. The number of benzene rings is 2. The van der Waals surface area contributed by atoms with E-state index in [4.69, 9.17) is 9.47 Å². The second kappa shape index (κ2) is 11.8. The lowest BCUT2D eigenvalue weighted by molar-refractivity contribution is 0.0490. The fourth-order valence-electron chi connectivity index (χ4n) is 4.12. The van der Waals surface area contributed by atoms with Crippen LogP contribution in [0.5, 0.6) is 5.75 Å². The topological polar surface area (TPSA) is 123 Å². The molecule has 2 aromatic rings. The number of anilines is 1. The molecule has 1 heterocycles. The first-order valence-electron chi connectivity index (χ1n) is 12.2. The molecule has 0 radical (unpaired) electrons. The average Bonchev–Trinajstić information content (AvgIpc) is 2.86. The number of aromatic carboxylic acids is 1. The van der Waals surface area contributed by atoms with E-state index < -0.39 is 25.7 Å². The smallest absolute Gasteiger partial charge is 0.339 e. The number of aryl methyl sites for hydroxylation is 1. The summed E-state index contributed by atoms with van der Waals surface area (Å²) >= 11 is 0. The van der Waals surface area contributed by atoms with Gasteiger partial charge >= 0.3 is 5.97 Å². The molecule has 1 fully saturated rings. The van der Waals surface area contributed by atoms with Crippen LogP contribution >= 0.6 is 0 Å². The first kappa shape index (κ1) is 28.9. The molecule has 1 atom stereocenters. The molecule has 1 unspecified atom stereocenters. The van der Waals surface area contributed by atoms with Crippen molar-refractivity contribution in [2.75, 3.05) is 44.0 Å². The molecule has 0 saturated carbocycles. The number of rotatable bonds is 10. The predicted octanol–water partition coefficient (Wildman–Crippen LogP) is 4.44. The molecule has 0 aromatic heterocycles. The lowest BCUT2D eigenvalue weighted by Gasteiger charge is -2.28. The van der Waals surface area contributed by atoms with Gasteiger partial charge in [-0.05, 0) is 73.6 Å². The van der Waals surface area contributed by atoms with Crippen LogP contribution in [0.3, 0.4) is 0 Å². The average molecular weight is 553 g/mol. The monoisotopic (exact) mass is 552 g/mol. The number of carboxylic acids is 1. The molecule has 37 heavy (non-hydrogen) atoms. The Kier molecular flexibility index (Phi) is 9.25. The number of sulfonamides is 1. The highest BCUT2D eigenvalue weighted by Gasteiger charge is 2.29.